The van der Waals surface area contributed by atoms with E-state index in [-0.39, 0.29) is 11.3 Å². The highest BCUT2D eigenvalue weighted by Crippen LogP contribution is 2.47. The molecule has 30 heavy (non-hydrogen) atoms. The number of hydrogen-bond acceptors (Lipinski definition) is 6. The van der Waals surface area contributed by atoms with Gasteiger partial charge in [0, 0.05) is 11.1 Å². The molecule has 0 radical (unpaired) electrons. The van der Waals surface area contributed by atoms with Crippen molar-refractivity contribution < 1.29 is 14.3 Å². The summed E-state index contributed by atoms with van der Waals surface area (Å²) in [6, 6.07) is 14.6. The number of methoxy groups -OCH3 is 1. The van der Waals surface area contributed by atoms with Crippen LogP contribution in [-0.4, -0.2) is 23.2 Å². The van der Waals surface area contributed by atoms with Crippen LogP contribution in [0.1, 0.15) is 31.0 Å². The number of Topliss-reactive ketones (excluding diaryl/α,β-unsaturated/α-hetero) is 1. The molecule has 2 aliphatic heterocycles. The molecule has 0 saturated carbocycles. The maximum Gasteiger partial charge on any atom is 0.270 e. The zero-order valence-electron chi connectivity index (χ0n) is 16.8. The number of carbonyl (C=O) groups excluding carboxylic acids is 1. The summed E-state index contributed by atoms with van der Waals surface area (Å²) in [5.74, 6) is 0.711. The third kappa shape index (κ3) is 2.65. The quantitative estimate of drug-likeness (QED) is 0.652. The minimum Gasteiger partial charge on any atom is -0.496 e. The Morgan fingerprint density at radius 3 is 2.73 bits per heavy atom. The minimum absolute atomic E-state index is 0.0558. The van der Waals surface area contributed by atoms with Gasteiger partial charge in [-0.1, -0.05) is 47.7 Å². The van der Waals surface area contributed by atoms with Gasteiger partial charge in [-0.25, -0.2) is 4.99 Å². The van der Waals surface area contributed by atoms with Crippen LogP contribution in [0.15, 0.2) is 58.3 Å². The van der Waals surface area contributed by atoms with Crippen LogP contribution in [0.4, 0.5) is 0 Å². The third-order valence-corrected chi connectivity index (χ3v) is 6.73. The predicted octanol–water partition coefficient (Wildman–Crippen LogP) is 2.28. The number of rotatable bonds is 3. The van der Waals surface area contributed by atoms with Crippen molar-refractivity contribution >= 4 is 23.2 Å². The van der Waals surface area contributed by atoms with E-state index < -0.39 is 17.7 Å². The number of thiazole rings is 1. The van der Waals surface area contributed by atoms with Crippen LogP contribution in [0.2, 0.25) is 0 Å². The molecular weight excluding hydrogens is 400 g/mol. The molecule has 3 heterocycles. The van der Waals surface area contributed by atoms with E-state index in [1.54, 1.807) is 11.7 Å². The third-order valence-electron chi connectivity index (χ3n) is 5.74. The first-order valence-corrected chi connectivity index (χ1v) is 10.5. The highest BCUT2D eigenvalue weighted by Gasteiger charge is 2.53. The van der Waals surface area contributed by atoms with E-state index in [0.717, 1.165) is 11.1 Å². The van der Waals surface area contributed by atoms with Gasteiger partial charge in [-0.2, -0.15) is 0 Å². The summed E-state index contributed by atoms with van der Waals surface area (Å²) in [6.45, 7) is 3.35. The van der Waals surface area contributed by atoms with Crippen molar-refractivity contribution in [3.63, 3.8) is 0 Å². The van der Waals surface area contributed by atoms with Gasteiger partial charge >= 0.3 is 0 Å². The van der Waals surface area contributed by atoms with Crippen molar-refractivity contribution in [1.82, 2.24) is 4.57 Å². The predicted molar refractivity (Wildman–Crippen MR) is 114 cm³/mol. The van der Waals surface area contributed by atoms with Crippen LogP contribution < -0.4 is 24.4 Å². The van der Waals surface area contributed by atoms with Crippen LogP contribution in [0.3, 0.4) is 0 Å². The second kappa shape index (κ2) is 6.67. The molecule has 152 valence electrons. The summed E-state index contributed by atoms with van der Waals surface area (Å²) in [5.41, 5.74) is 0.420. The van der Waals surface area contributed by atoms with Crippen LogP contribution in [0.25, 0.3) is 6.08 Å². The molecule has 2 aliphatic rings. The Labute approximate surface area is 176 Å². The minimum atomic E-state index is -1.05. The smallest absolute Gasteiger partial charge is 0.270 e. The SMILES string of the molecule is COc1ccccc1/C=c1\sc2n(c1=O)[C@H]1c3ccccc3O[C@@](C)(N=2)[C@@H]1C(C)=O. The van der Waals surface area contributed by atoms with Gasteiger partial charge in [0.25, 0.3) is 5.56 Å². The largest absolute Gasteiger partial charge is 0.496 e. The van der Waals surface area contributed by atoms with E-state index in [2.05, 4.69) is 0 Å². The molecule has 0 spiro atoms. The fraction of sp³-hybridized carbons (Fsp3) is 0.261. The highest BCUT2D eigenvalue weighted by molar-refractivity contribution is 7.07. The topological polar surface area (TPSA) is 69.9 Å². The van der Waals surface area contributed by atoms with Gasteiger partial charge in [-0.3, -0.25) is 14.2 Å². The van der Waals surface area contributed by atoms with Gasteiger partial charge in [0.15, 0.2) is 4.80 Å². The van der Waals surface area contributed by atoms with Crippen molar-refractivity contribution in [3.05, 3.63) is 79.3 Å². The fourth-order valence-electron chi connectivity index (χ4n) is 4.48. The monoisotopic (exact) mass is 420 g/mol. The number of ether oxygens (including phenoxy) is 2. The van der Waals surface area contributed by atoms with Crippen molar-refractivity contribution in [2.75, 3.05) is 7.11 Å². The zero-order chi connectivity index (χ0) is 21.0. The number of aromatic nitrogens is 1. The zero-order valence-corrected chi connectivity index (χ0v) is 17.6. The summed E-state index contributed by atoms with van der Waals surface area (Å²) >= 11 is 1.30. The number of carbonyl (C=O) groups is 1. The summed E-state index contributed by atoms with van der Waals surface area (Å²) in [4.78, 5) is 31.5. The van der Waals surface area contributed by atoms with Gasteiger partial charge < -0.3 is 9.47 Å². The van der Waals surface area contributed by atoms with Gasteiger partial charge in [0.1, 0.15) is 23.2 Å². The highest BCUT2D eigenvalue weighted by atomic mass is 32.1. The maximum absolute atomic E-state index is 13.5. The maximum atomic E-state index is 13.5. The average Bonchev–Trinajstić information content (AvgIpc) is 3.01. The second-order valence-corrected chi connectivity index (χ2v) is 8.66. The number of para-hydroxylation sites is 2. The molecule has 1 aromatic heterocycles. The van der Waals surface area contributed by atoms with Gasteiger partial charge in [-0.05, 0) is 32.1 Å². The van der Waals surface area contributed by atoms with Crippen LogP contribution in [0, 0.1) is 5.92 Å². The average molecular weight is 420 g/mol. The van der Waals surface area contributed by atoms with Crippen LogP contribution in [-0.2, 0) is 4.79 Å². The standard InChI is InChI=1S/C23H20N2O4S/c1-13(26)19-20-15-9-5-7-11-17(15)29-23(19,2)24-22-25(20)21(27)18(30-22)12-14-8-4-6-10-16(14)28-3/h4-12,19-20H,1-3H3/b18-12-/t19-,20+,23-/m1/s1. The summed E-state index contributed by atoms with van der Waals surface area (Å²) in [6.07, 6.45) is 1.81. The molecule has 6 nitrogen and oxygen atoms in total. The number of fused-ring (bicyclic) bond motifs is 6. The summed E-state index contributed by atoms with van der Waals surface area (Å²) < 4.78 is 13.8. The van der Waals surface area contributed by atoms with Crippen molar-refractivity contribution in [2.45, 2.75) is 25.6 Å². The molecule has 2 bridgehead atoms. The van der Waals surface area contributed by atoms with E-state index in [0.29, 0.717) is 20.8 Å². The molecule has 0 saturated heterocycles. The molecule has 7 heteroatoms. The lowest BCUT2D eigenvalue weighted by molar-refractivity contribution is -0.132. The van der Waals surface area contributed by atoms with Crippen molar-refractivity contribution in [3.8, 4) is 11.5 Å². The molecule has 0 N–H and O–H groups in total. The van der Waals surface area contributed by atoms with E-state index >= 15 is 0 Å². The molecule has 0 fully saturated rings. The summed E-state index contributed by atoms with van der Waals surface area (Å²) in [7, 11) is 1.60. The van der Waals surface area contributed by atoms with E-state index in [4.69, 9.17) is 14.5 Å². The Hall–Kier alpha value is -3.19. The first-order valence-electron chi connectivity index (χ1n) is 9.67. The number of nitrogens with zero attached hydrogens (tertiary/aromatic N) is 2. The number of ketones is 1. The molecule has 0 unspecified atom stereocenters. The Morgan fingerprint density at radius 1 is 1.23 bits per heavy atom. The fourth-order valence-corrected chi connectivity index (χ4v) is 5.57. The Morgan fingerprint density at radius 2 is 1.97 bits per heavy atom. The van der Waals surface area contributed by atoms with E-state index in [1.807, 2.05) is 61.5 Å². The Kier molecular flexibility index (Phi) is 4.18. The van der Waals surface area contributed by atoms with Gasteiger partial charge in [-0.15, -0.1) is 0 Å². The molecular formula is C23H20N2O4S. The molecule has 2 aromatic carbocycles. The number of hydrogen-bond donors (Lipinski definition) is 0. The summed E-state index contributed by atoms with van der Waals surface area (Å²) in [5, 5.41) is 0. The molecule has 0 aliphatic carbocycles. The van der Waals surface area contributed by atoms with Gasteiger partial charge in [0.2, 0.25) is 5.72 Å². The number of benzene rings is 2. The first-order chi connectivity index (χ1) is 14.4. The van der Waals surface area contributed by atoms with Crippen LogP contribution in [0.5, 0.6) is 11.5 Å². The Balaban J connectivity index is 1.81. The van der Waals surface area contributed by atoms with E-state index in [1.165, 1.54) is 18.3 Å². The van der Waals surface area contributed by atoms with Gasteiger partial charge in [0.05, 0.1) is 17.7 Å². The molecule has 3 aromatic rings. The van der Waals surface area contributed by atoms with Crippen LogP contribution >= 0.6 is 11.3 Å². The molecule has 3 atom stereocenters. The normalized spacial score (nSPS) is 24.3. The first kappa shape index (κ1) is 18.8. The lowest BCUT2D eigenvalue weighted by atomic mass is 9.79. The molecule has 0 amide bonds. The Bertz CT molecular complexity index is 1360. The van der Waals surface area contributed by atoms with E-state index in [9.17, 15) is 9.59 Å². The molecule has 5 rings (SSSR count). The lowest BCUT2D eigenvalue weighted by Crippen LogP contribution is -2.58. The second-order valence-electron chi connectivity index (χ2n) is 7.65. The van der Waals surface area contributed by atoms with Crippen molar-refractivity contribution in [2.24, 2.45) is 10.9 Å². The lowest BCUT2D eigenvalue weighted by Gasteiger charge is -2.45. The van der Waals surface area contributed by atoms with Crippen molar-refractivity contribution in [1.29, 1.82) is 0 Å².